The molecule has 2 saturated heterocycles. The molecular formula is C35H46BrN3O8. The number of aliphatic hydroxyl groups is 1. The summed E-state index contributed by atoms with van der Waals surface area (Å²) < 4.78 is 18.9. The summed E-state index contributed by atoms with van der Waals surface area (Å²) in [7, 11) is 1.51. The lowest BCUT2D eigenvalue weighted by atomic mass is 9.74. The van der Waals surface area contributed by atoms with Crippen molar-refractivity contribution in [2.45, 2.75) is 94.9 Å². The number of nitrogens with one attached hydrogen (secondary N) is 1. The number of aliphatic hydroxyl groups excluding tert-OH is 1. The van der Waals surface area contributed by atoms with Crippen LogP contribution >= 0.6 is 15.9 Å². The quantitative estimate of drug-likeness (QED) is 0.294. The number of esters is 1. The predicted molar refractivity (Wildman–Crippen MR) is 177 cm³/mol. The lowest BCUT2D eigenvalue weighted by molar-refractivity contribution is -0.163. The Bertz CT molecular complexity index is 1380. The molecule has 4 aliphatic heterocycles. The van der Waals surface area contributed by atoms with Gasteiger partial charge >= 0.3 is 5.97 Å². The molecule has 1 aromatic rings. The van der Waals surface area contributed by atoms with Gasteiger partial charge in [0.15, 0.2) is 0 Å². The summed E-state index contributed by atoms with van der Waals surface area (Å²) in [4.78, 5) is 60.2. The van der Waals surface area contributed by atoms with E-state index < -0.39 is 59.6 Å². The van der Waals surface area contributed by atoms with E-state index in [4.69, 9.17) is 14.2 Å². The van der Waals surface area contributed by atoms with Gasteiger partial charge in [-0.05, 0) is 37.8 Å². The molecule has 5 bridgehead atoms. The number of hydrogen-bond acceptors (Lipinski definition) is 8. The Kier molecular flexibility index (Phi) is 11.3. The molecule has 9 atom stereocenters. The number of carbonyl (C=O) groups is 4. The van der Waals surface area contributed by atoms with Crippen molar-refractivity contribution < 1.29 is 38.5 Å². The molecule has 0 saturated carbocycles. The van der Waals surface area contributed by atoms with Crippen LogP contribution in [0.5, 0.6) is 0 Å². The van der Waals surface area contributed by atoms with Crippen molar-refractivity contribution in [3.05, 3.63) is 58.6 Å². The Labute approximate surface area is 284 Å². The van der Waals surface area contributed by atoms with Gasteiger partial charge in [-0.3, -0.25) is 19.2 Å². The molecule has 256 valence electrons. The number of amides is 3. The number of hydrogen-bond donors (Lipinski definition) is 2. The fourth-order valence-corrected chi connectivity index (χ4v) is 8.38. The number of fused-ring (bicyclic) bond motifs is 2. The van der Waals surface area contributed by atoms with Crippen LogP contribution in [0, 0.1) is 11.8 Å². The summed E-state index contributed by atoms with van der Waals surface area (Å²) in [6, 6.07) is 6.43. The van der Waals surface area contributed by atoms with Crippen LogP contribution in [0.1, 0.15) is 64.5 Å². The molecule has 4 aliphatic rings. The summed E-state index contributed by atoms with van der Waals surface area (Å²) >= 11 is 3.60. The number of benzene rings is 1. The van der Waals surface area contributed by atoms with Crippen molar-refractivity contribution in [2.24, 2.45) is 11.8 Å². The monoisotopic (exact) mass is 715 g/mol. The fraction of sp³-hybridized carbons (Fsp3) is 0.600. The minimum atomic E-state index is -1.45. The molecule has 2 fully saturated rings. The normalized spacial score (nSPS) is 33.3. The number of nitrogens with zero attached hydrogens (tertiary/aromatic N) is 2. The van der Waals surface area contributed by atoms with Crippen molar-refractivity contribution in [2.75, 3.05) is 26.9 Å². The second kappa shape index (κ2) is 15.0. The first-order valence-electron chi connectivity index (χ1n) is 16.6. The molecule has 1 unspecified atom stereocenters. The zero-order valence-corrected chi connectivity index (χ0v) is 29.1. The second-order valence-electron chi connectivity index (χ2n) is 12.9. The van der Waals surface area contributed by atoms with Crippen LogP contribution in [-0.4, -0.2) is 101 Å². The zero-order valence-electron chi connectivity index (χ0n) is 27.5. The van der Waals surface area contributed by atoms with Crippen molar-refractivity contribution in [1.29, 1.82) is 0 Å². The molecular weight excluding hydrogens is 670 g/mol. The van der Waals surface area contributed by atoms with E-state index >= 15 is 0 Å². The Balaban J connectivity index is 1.65. The SMILES string of the molecule is CCCC(C)N1C/C=C\CCC(=O)N[C@H](COC)[C@@H](c2ccccc2)OC(=O)[C@@H]2[C@H]3O[C@@]4(C=C3Br)[C@H](C1=O)N([C@@H](CC)CO)C(=O)[C@@H]24. The van der Waals surface area contributed by atoms with Crippen LogP contribution in [0.3, 0.4) is 0 Å². The second-order valence-corrected chi connectivity index (χ2v) is 13.8. The summed E-state index contributed by atoms with van der Waals surface area (Å²) in [5.74, 6) is -3.80. The van der Waals surface area contributed by atoms with Crippen LogP contribution in [0.15, 0.2) is 53.0 Å². The maximum atomic E-state index is 14.8. The third-order valence-corrected chi connectivity index (χ3v) is 10.6. The highest BCUT2D eigenvalue weighted by atomic mass is 79.9. The van der Waals surface area contributed by atoms with Gasteiger partial charge in [-0.2, -0.15) is 0 Å². The Morgan fingerprint density at radius 3 is 2.51 bits per heavy atom. The molecule has 11 nitrogen and oxygen atoms in total. The summed E-state index contributed by atoms with van der Waals surface area (Å²) in [6.45, 7) is 5.85. The topological polar surface area (TPSA) is 135 Å². The van der Waals surface area contributed by atoms with E-state index in [2.05, 4.69) is 21.2 Å². The van der Waals surface area contributed by atoms with Gasteiger partial charge in [-0.25, -0.2) is 0 Å². The molecule has 0 radical (unpaired) electrons. The summed E-state index contributed by atoms with van der Waals surface area (Å²) in [5, 5.41) is 13.4. The number of carbonyl (C=O) groups excluding carboxylic acids is 4. The van der Waals surface area contributed by atoms with Crippen LogP contribution in [0.25, 0.3) is 0 Å². The molecule has 4 heterocycles. The number of likely N-dealkylation sites (tertiary alicyclic amines) is 1. The standard InChI is InChI=1S/C35H46BrN3O8/c1-5-13-21(3)38-17-12-8-11-16-26(41)37-25(20-45-4)29(22-14-9-7-10-15-22)46-34(44)27-28-32(42)39(23(6-2)19-40)31(33(38)43)35(28)18-24(36)30(27)47-35/h7-10,12,14-15,18,21,23,25,27-31,40H,5-6,11,13,16-17,19-20H2,1-4H3,(H,37,41)/b12-8-/t21?,23-,25+,27-,28+,29+,30-,31-,35+/m0/s1. The van der Waals surface area contributed by atoms with E-state index in [0.717, 1.165) is 12.8 Å². The summed E-state index contributed by atoms with van der Waals surface area (Å²) in [6.07, 6.45) is 6.32. The average Bonchev–Trinajstić information content (AvgIpc) is 3.65. The first kappa shape index (κ1) is 35.3. The predicted octanol–water partition coefficient (Wildman–Crippen LogP) is 3.41. The van der Waals surface area contributed by atoms with Gasteiger partial charge in [0.2, 0.25) is 17.7 Å². The maximum absolute atomic E-state index is 14.8. The van der Waals surface area contributed by atoms with Gasteiger partial charge in [0.1, 0.15) is 29.8 Å². The van der Waals surface area contributed by atoms with E-state index in [1.165, 1.54) is 12.0 Å². The number of rotatable bonds is 9. The van der Waals surface area contributed by atoms with Crippen LogP contribution < -0.4 is 5.32 Å². The molecule has 1 spiro atoms. The van der Waals surface area contributed by atoms with Crippen LogP contribution in [-0.2, 0) is 33.4 Å². The van der Waals surface area contributed by atoms with Gasteiger partial charge in [-0.1, -0.05) is 78.7 Å². The number of halogens is 1. The molecule has 47 heavy (non-hydrogen) atoms. The molecule has 12 heteroatoms. The highest BCUT2D eigenvalue weighted by Crippen LogP contribution is 2.59. The first-order valence-corrected chi connectivity index (χ1v) is 17.4. The maximum Gasteiger partial charge on any atom is 0.313 e. The lowest BCUT2D eigenvalue weighted by Crippen LogP contribution is -2.59. The zero-order chi connectivity index (χ0) is 33.9. The van der Waals surface area contributed by atoms with Gasteiger partial charge in [0.25, 0.3) is 0 Å². The minimum absolute atomic E-state index is 0.0677. The van der Waals surface area contributed by atoms with E-state index in [9.17, 15) is 24.3 Å². The van der Waals surface area contributed by atoms with Crippen molar-refractivity contribution in [1.82, 2.24) is 15.1 Å². The van der Waals surface area contributed by atoms with Gasteiger partial charge in [0.05, 0.1) is 31.2 Å². The molecule has 0 aromatic heterocycles. The lowest BCUT2D eigenvalue weighted by Gasteiger charge is -2.40. The third-order valence-electron chi connectivity index (χ3n) is 9.90. The smallest absolute Gasteiger partial charge is 0.313 e. The fourth-order valence-electron chi connectivity index (χ4n) is 7.64. The Morgan fingerprint density at radius 1 is 1.11 bits per heavy atom. The molecule has 0 aliphatic carbocycles. The minimum Gasteiger partial charge on any atom is -0.455 e. The number of allylic oxidation sites excluding steroid dienone is 1. The largest absolute Gasteiger partial charge is 0.455 e. The Morgan fingerprint density at radius 2 is 1.85 bits per heavy atom. The van der Waals surface area contributed by atoms with Crippen molar-refractivity contribution in [3.8, 4) is 0 Å². The van der Waals surface area contributed by atoms with Gasteiger partial charge in [-0.15, -0.1) is 0 Å². The summed E-state index contributed by atoms with van der Waals surface area (Å²) in [5.41, 5.74) is -0.803. The third kappa shape index (κ3) is 6.54. The Hall–Kier alpha value is -3.06. The van der Waals surface area contributed by atoms with E-state index in [1.54, 1.807) is 11.0 Å². The molecule has 2 N–H and O–H groups in total. The highest BCUT2D eigenvalue weighted by molar-refractivity contribution is 9.11. The number of methoxy groups -OCH3 is 1. The number of ether oxygens (including phenoxy) is 3. The molecule has 1 aromatic carbocycles. The highest BCUT2D eigenvalue weighted by Gasteiger charge is 2.75. The van der Waals surface area contributed by atoms with E-state index in [1.807, 2.05) is 63.3 Å². The average molecular weight is 717 g/mol. The van der Waals surface area contributed by atoms with Gasteiger partial charge in [0, 0.05) is 30.6 Å². The van der Waals surface area contributed by atoms with Gasteiger partial charge < -0.3 is 34.4 Å². The van der Waals surface area contributed by atoms with E-state index in [0.29, 0.717) is 22.9 Å². The van der Waals surface area contributed by atoms with Crippen LogP contribution in [0.2, 0.25) is 0 Å². The van der Waals surface area contributed by atoms with E-state index in [-0.39, 0.29) is 44.0 Å². The number of cyclic esters (lactones) is 1. The first-order chi connectivity index (χ1) is 22.6. The molecule has 5 rings (SSSR count). The molecule has 3 amide bonds. The van der Waals surface area contributed by atoms with Crippen molar-refractivity contribution in [3.63, 3.8) is 0 Å². The van der Waals surface area contributed by atoms with Crippen molar-refractivity contribution >= 4 is 39.6 Å². The van der Waals surface area contributed by atoms with Crippen LogP contribution in [0.4, 0.5) is 0 Å².